The Kier molecular flexibility index (Phi) is 7.73. The molecule has 10 heteroatoms. The summed E-state index contributed by atoms with van der Waals surface area (Å²) in [6.07, 6.45) is 3.32. The van der Waals surface area contributed by atoms with E-state index in [1.807, 2.05) is 13.0 Å². The molecule has 0 aliphatic rings. The molecule has 5 rings (SSSR count). The minimum Gasteiger partial charge on any atom is -0.481 e. The molecule has 0 saturated carbocycles. The first-order chi connectivity index (χ1) is 19.7. The van der Waals surface area contributed by atoms with Crippen molar-refractivity contribution >= 4 is 22.8 Å². The van der Waals surface area contributed by atoms with Gasteiger partial charge < -0.3 is 20.8 Å². The maximum absolute atomic E-state index is 14.1. The number of rotatable bonds is 9. The lowest BCUT2D eigenvalue weighted by molar-refractivity contribution is -0.121. The summed E-state index contributed by atoms with van der Waals surface area (Å²) in [6, 6.07) is 14.6. The Morgan fingerprint density at radius 3 is 2.59 bits per heavy atom. The summed E-state index contributed by atoms with van der Waals surface area (Å²) in [7, 11) is 1.53. The fraction of sp³-hybridized carbons (Fsp3) is 0.161. The molecule has 3 heterocycles. The van der Waals surface area contributed by atoms with Crippen molar-refractivity contribution < 1.29 is 23.1 Å². The molecule has 0 spiro atoms. The van der Waals surface area contributed by atoms with Gasteiger partial charge >= 0.3 is 0 Å². The standard InChI is InChI=1S/C31H27F2N5O3/c1-17-9-25-28(38-31(17)41-2)21(16-36-25)14-27(39)37-26(12-18-10-22(32)15-23(33)11-18)29-24(7-4-8-35-29)19-5-3-6-20(13-19)30(34)40/h3-11,13,15-16,26,36H,12,14H2,1-2H3,(H2,34,40)(H,37,39). The van der Waals surface area contributed by atoms with Crippen molar-refractivity contribution in [2.24, 2.45) is 5.73 Å². The van der Waals surface area contributed by atoms with Gasteiger partial charge in [0.05, 0.1) is 36.3 Å². The highest BCUT2D eigenvalue weighted by atomic mass is 19.1. The van der Waals surface area contributed by atoms with E-state index in [-0.39, 0.29) is 18.7 Å². The Labute approximate surface area is 234 Å². The van der Waals surface area contributed by atoms with Crippen LogP contribution < -0.4 is 15.8 Å². The summed E-state index contributed by atoms with van der Waals surface area (Å²) in [5.41, 5.74) is 10.7. The number of aryl methyl sites for hydroxylation is 1. The van der Waals surface area contributed by atoms with Gasteiger partial charge in [-0.2, -0.15) is 0 Å². The first-order valence-corrected chi connectivity index (χ1v) is 12.8. The zero-order valence-electron chi connectivity index (χ0n) is 22.4. The third-order valence-corrected chi connectivity index (χ3v) is 6.74. The van der Waals surface area contributed by atoms with Crippen molar-refractivity contribution in [3.63, 3.8) is 0 Å². The van der Waals surface area contributed by atoms with E-state index in [2.05, 4.69) is 20.3 Å². The molecular weight excluding hydrogens is 528 g/mol. The third kappa shape index (κ3) is 6.06. The zero-order chi connectivity index (χ0) is 29.1. The molecule has 8 nitrogen and oxygen atoms in total. The third-order valence-electron chi connectivity index (χ3n) is 6.74. The molecule has 2 amide bonds. The van der Waals surface area contributed by atoms with Gasteiger partial charge in [-0.25, -0.2) is 13.8 Å². The number of benzene rings is 2. The molecule has 4 N–H and O–H groups in total. The molecular formula is C31H27F2N5O3. The van der Waals surface area contributed by atoms with Crippen LogP contribution in [0.15, 0.2) is 73.1 Å². The summed E-state index contributed by atoms with van der Waals surface area (Å²) < 4.78 is 33.5. The Morgan fingerprint density at radius 1 is 1.07 bits per heavy atom. The number of aromatic nitrogens is 3. The van der Waals surface area contributed by atoms with Crippen molar-refractivity contribution in [2.45, 2.75) is 25.8 Å². The minimum absolute atomic E-state index is 0.0213. The number of pyridine rings is 2. The molecule has 208 valence electrons. The first kappa shape index (κ1) is 27.4. The van der Waals surface area contributed by atoms with E-state index < -0.39 is 23.6 Å². The molecule has 0 saturated heterocycles. The van der Waals surface area contributed by atoms with Crippen LogP contribution in [-0.4, -0.2) is 33.9 Å². The van der Waals surface area contributed by atoms with Gasteiger partial charge in [0.1, 0.15) is 11.6 Å². The molecule has 0 fully saturated rings. The lowest BCUT2D eigenvalue weighted by Gasteiger charge is -2.22. The first-order valence-electron chi connectivity index (χ1n) is 12.8. The van der Waals surface area contributed by atoms with E-state index >= 15 is 0 Å². The Balaban J connectivity index is 1.51. The predicted octanol–water partition coefficient (Wildman–Crippen LogP) is 4.96. The number of H-pyrrole nitrogens is 1. The largest absolute Gasteiger partial charge is 0.481 e. The highest BCUT2D eigenvalue weighted by Gasteiger charge is 2.23. The van der Waals surface area contributed by atoms with Gasteiger partial charge in [0.25, 0.3) is 0 Å². The molecule has 0 aliphatic carbocycles. The predicted molar refractivity (Wildman–Crippen MR) is 150 cm³/mol. The number of nitrogens with two attached hydrogens (primary N) is 1. The van der Waals surface area contributed by atoms with Crippen molar-refractivity contribution in [3.8, 4) is 17.0 Å². The number of primary amides is 1. The normalized spacial score (nSPS) is 11.8. The summed E-state index contributed by atoms with van der Waals surface area (Å²) in [5.74, 6) is -1.93. The summed E-state index contributed by atoms with van der Waals surface area (Å²) in [5, 5.41) is 3.00. The Morgan fingerprint density at radius 2 is 1.85 bits per heavy atom. The lowest BCUT2D eigenvalue weighted by Crippen LogP contribution is -2.32. The fourth-order valence-electron chi connectivity index (χ4n) is 4.90. The number of carbonyl (C=O) groups excluding carboxylic acids is 2. The summed E-state index contributed by atoms with van der Waals surface area (Å²) >= 11 is 0. The maximum atomic E-state index is 14.1. The number of aromatic amines is 1. The fourth-order valence-corrected chi connectivity index (χ4v) is 4.90. The van der Waals surface area contributed by atoms with Gasteiger partial charge in [-0.1, -0.05) is 18.2 Å². The van der Waals surface area contributed by atoms with Crippen LogP contribution in [0.3, 0.4) is 0 Å². The number of ether oxygens (including phenoxy) is 1. The SMILES string of the molecule is COc1nc2c(CC(=O)NC(Cc3cc(F)cc(F)c3)c3ncccc3-c3cccc(C(N)=O)c3)c[nH]c2cc1C. The quantitative estimate of drug-likeness (QED) is 0.237. The number of carbonyl (C=O) groups is 2. The summed E-state index contributed by atoms with van der Waals surface area (Å²) in [6.45, 7) is 1.88. The number of methoxy groups -OCH3 is 1. The molecule has 0 bridgehead atoms. The number of nitrogens with one attached hydrogen (secondary N) is 2. The van der Waals surface area contributed by atoms with Crippen molar-refractivity contribution in [2.75, 3.05) is 7.11 Å². The average molecular weight is 556 g/mol. The van der Waals surface area contributed by atoms with E-state index in [0.29, 0.717) is 44.9 Å². The van der Waals surface area contributed by atoms with Crippen LogP contribution in [0.4, 0.5) is 8.78 Å². The Bertz CT molecular complexity index is 1750. The van der Waals surface area contributed by atoms with Crippen LogP contribution in [-0.2, 0) is 17.6 Å². The number of nitrogens with zero attached hydrogens (tertiary/aromatic N) is 2. The second-order valence-electron chi connectivity index (χ2n) is 9.68. The lowest BCUT2D eigenvalue weighted by atomic mass is 9.94. The summed E-state index contributed by atoms with van der Waals surface area (Å²) in [4.78, 5) is 37.5. The maximum Gasteiger partial charge on any atom is 0.248 e. The number of hydrogen-bond acceptors (Lipinski definition) is 5. The number of hydrogen-bond donors (Lipinski definition) is 3. The molecule has 0 aliphatic heterocycles. The van der Waals surface area contributed by atoms with Gasteiger partial charge in [-0.05, 0) is 60.9 Å². The average Bonchev–Trinajstić information content (AvgIpc) is 3.32. The molecule has 5 aromatic rings. The van der Waals surface area contributed by atoms with Crippen molar-refractivity contribution in [1.29, 1.82) is 0 Å². The molecule has 3 aromatic heterocycles. The highest BCUT2D eigenvalue weighted by molar-refractivity contribution is 5.94. The molecule has 41 heavy (non-hydrogen) atoms. The number of amides is 2. The van der Waals surface area contributed by atoms with E-state index in [1.165, 1.54) is 19.2 Å². The molecule has 0 radical (unpaired) electrons. The van der Waals surface area contributed by atoms with Crippen molar-refractivity contribution in [3.05, 3.63) is 113 Å². The highest BCUT2D eigenvalue weighted by Crippen LogP contribution is 2.30. The zero-order valence-corrected chi connectivity index (χ0v) is 22.4. The van der Waals surface area contributed by atoms with E-state index in [9.17, 15) is 18.4 Å². The van der Waals surface area contributed by atoms with Crippen LogP contribution in [0, 0.1) is 18.6 Å². The number of fused-ring (bicyclic) bond motifs is 1. The van der Waals surface area contributed by atoms with Crippen LogP contribution in [0.5, 0.6) is 5.88 Å². The van der Waals surface area contributed by atoms with Crippen LogP contribution in [0.1, 0.15) is 38.8 Å². The van der Waals surface area contributed by atoms with E-state index in [1.54, 1.807) is 48.8 Å². The number of halogens is 2. The smallest absolute Gasteiger partial charge is 0.248 e. The minimum atomic E-state index is -0.771. The second-order valence-corrected chi connectivity index (χ2v) is 9.68. The van der Waals surface area contributed by atoms with Crippen LogP contribution in [0.25, 0.3) is 22.2 Å². The van der Waals surface area contributed by atoms with Crippen LogP contribution in [0.2, 0.25) is 0 Å². The molecule has 1 atom stereocenters. The van der Waals surface area contributed by atoms with Gasteiger partial charge in [0.15, 0.2) is 0 Å². The topological polar surface area (TPSA) is 123 Å². The van der Waals surface area contributed by atoms with E-state index in [4.69, 9.17) is 10.5 Å². The van der Waals surface area contributed by atoms with Gasteiger partial charge in [0.2, 0.25) is 17.7 Å². The molecule has 2 aromatic carbocycles. The van der Waals surface area contributed by atoms with Gasteiger partial charge in [-0.15, -0.1) is 0 Å². The van der Waals surface area contributed by atoms with Crippen molar-refractivity contribution in [1.82, 2.24) is 20.3 Å². The van der Waals surface area contributed by atoms with Crippen LogP contribution >= 0.6 is 0 Å². The molecule has 1 unspecified atom stereocenters. The van der Waals surface area contributed by atoms with Gasteiger partial charge in [-0.3, -0.25) is 14.6 Å². The monoisotopic (exact) mass is 555 g/mol. The Hall–Kier alpha value is -5.12. The second kappa shape index (κ2) is 11.5. The van der Waals surface area contributed by atoms with Gasteiger partial charge in [0, 0.05) is 40.7 Å². The van der Waals surface area contributed by atoms with E-state index in [0.717, 1.165) is 17.1 Å².